The third-order valence-corrected chi connectivity index (χ3v) is 9.25. The second-order valence-corrected chi connectivity index (χ2v) is 12.3. The fraction of sp³-hybridized carbons (Fsp3) is 0.567. The van der Waals surface area contributed by atoms with Crippen LogP contribution in [0.3, 0.4) is 0 Å². The van der Waals surface area contributed by atoms with Gasteiger partial charge in [0.05, 0.1) is 37.2 Å². The highest BCUT2D eigenvalue weighted by Gasteiger charge is 2.77. The fourth-order valence-corrected chi connectivity index (χ4v) is 7.67. The molecule has 1 aromatic rings. The number of aliphatic hydroxyl groups is 1. The Morgan fingerprint density at radius 1 is 1.28 bits per heavy atom. The Hall–Kier alpha value is -2.49. The minimum absolute atomic E-state index is 0.146. The summed E-state index contributed by atoms with van der Waals surface area (Å²) < 4.78 is 12.1. The van der Waals surface area contributed by atoms with Crippen molar-refractivity contribution < 1.29 is 29.0 Å². The van der Waals surface area contributed by atoms with Gasteiger partial charge in [-0.25, -0.2) is 0 Å². The van der Waals surface area contributed by atoms with Crippen molar-refractivity contribution in [1.82, 2.24) is 4.90 Å². The molecule has 2 amide bonds. The third kappa shape index (κ3) is 4.76. The maximum Gasteiger partial charge on any atom is 0.312 e. The molecule has 0 radical (unpaired) electrons. The van der Waals surface area contributed by atoms with Crippen LogP contribution in [0.25, 0.3) is 0 Å². The Morgan fingerprint density at radius 3 is 2.51 bits per heavy atom. The van der Waals surface area contributed by atoms with Crippen molar-refractivity contribution in [3.8, 4) is 0 Å². The molecule has 3 aliphatic rings. The molecular weight excluding hydrogens is 564 g/mol. The third-order valence-electron chi connectivity index (χ3n) is 8.40. The molecule has 1 N–H and O–H groups in total. The standard InChI is InChI=1S/C30H39BrN2O6/c1-7-9-14-38-29(37)22-23-27(35)33(21(16-34)17(3)4)26(30(23)15-20(31)25(22)39-30)28(36)32(13-8-2)24-18(5)11-10-12-19(24)6/h7-8,10-12,17,20-23,25-26,34H,1-2,9,13-16H2,3-6H3/t20?,21-,22-,23-,25-,26?,30?/m0/s1. The Balaban J connectivity index is 1.85. The molecule has 7 atom stereocenters. The summed E-state index contributed by atoms with van der Waals surface area (Å²) in [6.45, 7) is 15.3. The van der Waals surface area contributed by atoms with Crippen LogP contribution in [0.5, 0.6) is 0 Å². The first-order valence-corrected chi connectivity index (χ1v) is 14.5. The smallest absolute Gasteiger partial charge is 0.312 e. The number of hydrogen-bond acceptors (Lipinski definition) is 6. The number of nitrogens with zero attached hydrogens (tertiary/aromatic N) is 2. The molecule has 8 nitrogen and oxygen atoms in total. The summed E-state index contributed by atoms with van der Waals surface area (Å²) in [7, 11) is 0. The number of likely N-dealkylation sites (tertiary alicyclic amines) is 1. The van der Waals surface area contributed by atoms with Gasteiger partial charge >= 0.3 is 5.97 Å². The molecule has 3 aliphatic heterocycles. The molecule has 1 spiro atoms. The van der Waals surface area contributed by atoms with Crippen molar-refractivity contribution >= 4 is 39.4 Å². The number of para-hydroxylation sites is 1. The summed E-state index contributed by atoms with van der Waals surface area (Å²) in [5.41, 5.74) is 1.34. The molecule has 2 bridgehead atoms. The van der Waals surface area contributed by atoms with E-state index in [2.05, 4.69) is 29.1 Å². The van der Waals surface area contributed by atoms with E-state index in [1.807, 2.05) is 45.9 Å². The lowest BCUT2D eigenvalue weighted by Crippen LogP contribution is -2.60. The molecule has 4 rings (SSSR count). The van der Waals surface area contributed by atoms with E-state index in [4.69, 9.17) is 9.47 Å². The van der Waals surface area contributed by atoms with Crippen LogP contribution in [-0.4, -0.2) is 76.2 Å². The van der Waals surface area contributed by atoms with E-state index in [-0.39, 0.29) is 42.3 Å². The number of halogens is 1. The van der Waals surface area contributed by atoms with Gasteiger partial charge in [0.15, 0.2) is 0 Å². The number of ether oxygens (including phenoxy) is 2. The Morgan fingerprint density at radius 2 is 1.95 bits per heavy atom. The number of alkyl halides is 1. The topological polar surface area (TPSA) is 96.4 Å². The van der Waals surface area contributed by atoms with Gasteiger partial charge in [-0.15, -0.1) is 13.2 Å². The first-order chi connectivity index (χ1) is 18.5. The van der Waals surface area contributed by atoms with Gasteiger partial charge in [0.25, 0.3) is 5.91 Å². The minimum Gasteiger partial charge on any atom is -0.465 e. The average Bonchev–Trinajstić information content (AvgIpc) is 3.47. The summed E-state index contributed by atoms with van der Waals surface area (Å²) in [4.78, 5) is 45.3. The van der Waals surface area contributed by atoms with Gasteiger partial charge < -0.3 is 24.4 Å². The highest BCUT2D eigenvalue weighted by Crippen LogP contribution is 2.61. The van der Waals surface area contributed by atoms with Crippen molar-refractivity contribution in [3.05, 3.63) is 54.6 Å². The number of aryl methyl sites for hydroxylation is 2. The molecule has 0 aromatic heterocycles. The number of carbonyl (C=O) groups excluding carboxylic acids is 3. The van der Waals surface area contributed by atoms with Crippen molar-refractivity contribution in [2.75, 3.05) is 24.7 Å². The van der Waals surface area contributed by atoms with Crippen LogP contribution in [0, 0.1) is 31.6 Å². The normalized spacial score (nSPS) is 29.9. The number of fused-ring (bicyclic) bond motifs is 1. The van der Waals surface area contributed by atoms with Gasteiger partial charge in [0, 0.05) is 17.1 Å². The molecular formula is C30H39BrN2O6. The van der Waals surface area contributed by atoms with E-state index in [1.54, 1.807) is 17.1 Å². The van der Waals surface area contributed by atoms with Crippen molar-refractivity contribution in [2.24, 2.45) is 17.8 Å². The van der Waals surface area contributed by atoms with Gasteiger partial charge in [-0.05, 0) is 43.7 Å². The Kier molecular flexibility index (Phi) is 8.73. The zero-order valence-electron chi connectivity index (χ0n) is 23.1. The number of aliphatic hydroxyl groups excluding tert-OH is 1. The van der Waals surface area contributed by atoms with Crippen LogP contribution in [0.2, 0.25) is 0 Å². The molecule has 0 saturated carbocycles. The van der Waals surface area contributed by atoms with Crippen LogP contribution in [-0.2, 0) is 23.9 Å². The number of anilines is 1. The second kappa shape index (κ2) is 11.6. The largest absolute Gasteiger partial charge is 0.465 e. The van der Waals surface area contributed by atoms with Gasteiger partial charge in [0.1, 0.15) is 11.6 Å². The van der Waals surface area contributed by atoms with Gasteiger partial charge in [-0.3, -0.25) is 14.4 Å². The van der Waals surface area contributed by atoms with Crippen LogP contribution in [0.1, 0.15) is 37.8 Å². The maximum absolute atomic E-state index is 14.7. The maximum atomic E-state index is 14.7. The highest BCUT2D eigenvalue weighted by molar-refractivity contribution is 9.09. The van der Waals surface area contributed by atoms with Crippen LogP contribution in [0.4, 0.5) is 5.69 Å². The van der Waals surface area contributed by atoms with E-state index >= 15 is 0 Å². The number of hydrogen-bond donors (Lipinski definition) is 1. The van der Waals surface area contributed by atoms with E-state index in [0.717, 1.165) is 16.8 Å². The first kappa shape index (κ1) is 29.5. The lowest BCUT2D eigenvalue weighted by atomic mass is 9.70. The summed E-state index contributed by atoms with van der Waals surface area (Å²) in [6.07, 6.45) is 3.58. The molecule has 3 saturated heterocycles. The quantitative estimate of drug-likeness (QED) is 0.179. The number of rotatable bonds is 11. The van der Waals surface area contributed by atoms with Gasteiger partial charge in [0.2, 0.25) is 5.91 Å². The number of carbonyl (C=O) groups is 3. The predicted molar refractivity (Wildman–Crippen MR) is 153 cm³/mol. The molecule has 3 unspecified atom stereocenters. The average molecular weight is 604 g/mol. The lowest BCUT2D eigenvalue weighted by Gasteiger charge is -2.41. The second-order valence-electron chi connectivity index (χ2n) is 11.1. The van der Waals surface area contributed by atoms with E-state index in [9.17, 15) is 19.5 Å². The fourth-order valence-electron chi connectivity index (χ4n) is 6.73. The van der Waals surface area contributed by atoms with Crippen LogP contribution < -0.4 is 4.90 Å². The van der Waals surface area contributed by atoms with Gasteiger partial charge in [-0.1, -0.05) is 60.1 Å². The van der Waals surface area contributed by atoms with Gasteiger partial charge in [-0.2, -0.15) is 0 Å². The summed E-state index contributed by atoms with van der Waals surface area (Å²) >= 11 is 3.68. The zero-order valence-corrected chi connectivity index (χ0v) is 24.7. The Bertz CT molecular complexity index is 1130. The van der Waals surface area contributed by atoms with Crippen molar-refractivity contribution in [1.29, 1.82) is 0 Å². The molecule has 1 aromatic carbocycles. The lowest BCUT2D eigenvalue weighted by molar-refractivity contribution is -0.155. The number of benzene rings is 1. The predicted octanol–water partition coefficient (Wildman–Crippen LogP) is 3.71. The number of esters is 1. The van der Waals surface area contributed by atoms with Crippen LogP contribution in [0.15, 0.2) is 43.5 Å². The van der Waals surface area contributed by atoms with E-state index in [0.29, 0.717) is 12.8 Å². The van der Waals surface area contributed by atoms with E-state index < -0.39 is 41.6 Å². The summed E-state index contributed by atoms with van der Waals surface area (Å²) in [6, 6.07) is 4.14. The molecule has 39 heavy (non-hydrogen) atoms. The van der Waals surface area contributed by atoms with Crippen LogP contribution >= 0.6 is 15.9 Å². The molecule has 3 heterocycles. The highest BCUT2D eigenvalue weighted by atomic mass is 79.9. The summed E-state index contributed by atoms with van der Waals surface area (Å²) in [5.74, 6) is -3.08. The zero-order chi connectivity index (χ0) is 28.6. The number of amides is 2. The van der Waals surface area contributed by atoms with Crippen molar-refractivity contribution in [3.63, 3.8) is 0 Å². The monoisotopic (exact) mass is 602 g/mol. The molecule has 212 valence electrons. The van der Waals surface area contributed by atoms with Crippen molar-refractivity contribution in [2.45, 2.75) is 69.2 Å². The molecule has 9 heteroatoms. The molecule has 0 aliphatic carbocycles. The SMILES string of the molecule is C=CCCOC(=O)[C@H]1[C@H]2C(=O)N([C@@H](CO)C(C)C)C(C(=O)N(CC=C)c3c(C)cccc3C)C23CC(Br)[C@@H]1O3. The molecule has 3 fully saturated rings. The summed E-state index contributed by atoms with van der Waals surface area (Å²) in [5, 5.41) is 10.4. The minimum atomic E-state index is -1.24. The van der Waals surface area contributed by atoms with E-state index in [1.165, 1.54) is 4.90 Å². The first-order valence-electron chi connectivity index (χ1n) is 13.6. The Labute approximate surface area is 239 Å².